The molecule has 1 aliphatic heterocycles. The van der Waals surface area contributed by atoms with E-state index in [1.165, 1.54) is 4.90 Å². The average molecular weight is 247 g/mol. The van der Waals surface area contributed by atoms with Crippen LogP contribution in [-0.2, 0) is 4.79 Å². The Bertz CT molecular complexity index is 522. The third-order valence-corrected chi connectivity index (χ3v) is 3.20. The van der Waals surface area contributed by atoms with Gasteiger partial charge in [-0.15, -0.1) is 0 Å². The molecule has 1 N–H and O–H groups in total. The van der Waals surface area contributed by atoms with Crippen LogP contribution in [0.2, 0.25) is 0 Å². The highest BCUT2D eigenvalue weighted by Crippen LogP contribution is 2.33. The zero-order valence-corrected chi connectivity index (χ0v) is 10.9. The standard InChI is InChI=1S/C14H17NO3/c1-8-4-10(3)12-11(5-8)13(17)14(18)15(12)6-9(2)7-16/h4-5,9,16H,6-7H2,1-3H3. The van der Waals surface area contributed by atoms with Crippen LogP contribution >= 0.6 is 0 Å². The Morgan fingerprint density at radius 1 is 1.28 bits per heavy atom. The number of nitrogens with zero attached hydrogens (tertiary/aromatic N) is 1. The second kappa shape index (κ2) is 4.53. The second-order valence-corrected chi connectivity index (χ2v) is 5.01. The number of anilines is 1. The number of ketones is 1. The van der Waals surface area contributed by atoms with Crippen LogP contribution in [0.1, 0.15) is 28.4 Å². The Kier molecular flexibility index (Phi) is 3.22. The van der Waals surface area contributed by atoms with E-state index in [1.54, 1.807) is 6.07 Å². The maximum atomic E-state index is 12.0. The minimum atomic E-state index is -0.487. The number of amides is 1. The number of hydrogen-bond acceptors (Lipinski definition) is 3. The summed E-state index contributed by atoms with van der Waals surface area (Å²) in [6.45, 7) is 6.02. The summed E-state index contributed by atoms with van der Waals surface area (Å²) >= 11 is 0. The number of fused-ring (bicyclic) bond motifs is 1. The molecule has 1 heterocycles. The molecule has 4 heteroatoms. The molecule has 18 heavy (non-hydrogen) atoms. The smallest absolute Gasteiger partial charge is 0.299 e. The molecular formula is C14H17NO3. The monoisotopic (exact) mass is 247 g/mol. The van der Waals surface area contributed by atoms with Crippen LogP contribution in [0.5, 0.6) is 0 Å². The largest absolute Gasteiger partial charge is 0.396 e. The van der Waals surface area contributed by atoms with Crippen molar-refractivity contribution in [2.45, 2.75) is 20.8 Å². The molecule has 1 amide bonds. The van der Waals surface area contributed by atoms with Crippen LogP contribution in [0.25, 0.3) is 0 Å². The van der Waals surface area contributed by atoms with Gasteiger partial charge in [-0.3, -0.25) is 9.59 Å². The van der Waals surface area contributed by atoms with Crippen molar-refractivity contribution in [3.8, 4) is 0 Å². The molecule has 4 nitrogen and oxygen atoms in total. The quantitative estimate of drug-likeness (QED) is 0.823. The summed E-state index contributed by atoms with van der Waals surface area (Å²) in [7, 11) is 0. The Balaban J connectivity index is 2.48. The number of aliphatic hydroxyl groups is 1. The number of Topliss-reactive ketones (excluding diaryl/α,β-unsaturated/α-hetero) is 1. The van der Waals surface area contributed by atoms with Crippen molar-refractivity contribution in [2.24, 2.45) is 5.92 Å². The molecule has 1 unspecified atom stereocenters. The first kappa shape index (κ1) is 12.8. The Hall–Kier alpha value is -1.68. The summed E-state index contributed by atoms with van der Waals surface area (Å²) in [6.07, 6.45) is 0. The van der Waals surface area contributed by atoms with Gasteiger partial charge >= 0.3 is 0 Å². The predicted octanol–water partition coefficient (Wildman–Crippen LogP) is 1.46. The number of aryl methyl sites for hydroxylation is 2. The van der Waals surface area contributed by atoms with Gasteiger partial charge in [-0.25, -0.2) is 0 Å². The fourth-order valence-electron chi connectivity index (χ4n) is 2.37. The number of carbonyl (C=O) groups excluding carboxylic acids is 2. The summed E-state index contributed by atoms with van der Waals surface area (Å²) in [5.41, 5.74) is 3.09. The molecule has 2 rings (SSSR count). The summed E-state index contributed by atoms with van der Waals surface area (Å²) in [5.74, 6) is -0.977. The van der Waals surface area contributed by atoms with Gasteiger partial charge in [0, 0.05) is 13.2 Å². The van der Waals surface area contributed by atoms with E-state index in [-0.39, 0.29) is 12.5 Å². The lowest BCUT2D eigenvalue weighted by atomic mass is 10.0. The molecule has 96 valence electrons. The lowest BCUT2D eigenvalue weighted by molar-refractivity contribution is -0.114. The molecule has 1 aromatic rings. The molecular weight excluding hydrogens is 230 g/mol. The van der Waals surface area contributed by atoms with Gasteiger partial charge < -0.3 is 10.0 Å². The van der Waals surface area contributed by atoms with Gasteiger partial charge in [-0.05, 0) is 37.0 Å². The number of hydrogen-bond donors (Lipinski definition) is 1. The van der Waals surface area contributed by atoms with Crippen molar-refractivity contribution in [2.75, 3.05) is 18.1 Å². The lowest BCUT2D eigenvalue weighted by Crippen LogP contribution is -2.34. The number of carbonyl (C=O) groups is 2. The van der Waals surface area contributed by atoms with Gasteiger partial charge in [-0.1, -0.05) is 13.0 Å². The molecule has 0 aliphatic carbocycles. The van der Waals surface area contributed by atoms with Crippen LogP contribution in [-0.4, -0.2) is 29.9 Å². The first-order valence-corrected chi connectivity index (χ1v) is 6.04. The van der Waals surface area contributed by atoms with E-state index in [4.69, 9.17) is 5.11 Å². The number of benzene rings is 1. The van der Waals surface area contributed by atoms with E-state index < -0.39 is 11.7 Å². The van der Waals surface area contributed by atoms with Crippen molar-refractivity contribution >= 4 is 17.4 Å². The molecule has 0 fully saturated rings. The van der Waals surface area contributed by atoms with Crippen molar-refractivity contribution in [1.29, 1.82) is 0 Å². The topological polar surface area (TPSA) is 57.6 Å². The molecule has 1 aromatic carbocycles. The van der Waals surface area contributed by atoms with Gasteiger partial charge in [0.2, 0.25) is 0 Å². The molecule has 1 atom stereocenters. The third kappa shape index (κ3) is 1.93. The summed E-state index contributed by atoms with van der Waals surface area (Å²) in [4.78, 5) is 25.4. The zero-order valence-electron chi connectivity index (χ0n) is 10.9. The molecule has 0 spiro atoms. The van der Waals surface area contributed by atoms with Crippen LogP contribution in [0.3, 0.4) is 0 Å². The Morgan fingerprint density at radius 2 is 1.94 bits per heavy atom. The fourth-order valence-corrected chi connectivity index (χ4v) is 2.37. The van der Waals surface area contributed by atoms with E-state index in [0.717, 1.165) is 11.1 Å². The van der Waals surface area contributed by atoms with Crippen LogP contribution in [0.4, 0.5) is 5.69 Å². The van der Waals surface area contributed by atoms with Gasteiger partial charge in [0.25, 0.3) is 11.7 Å². The van der Waals surface area contributed by atoms with Gasteiger partial charge in [0.1, 0.15) is 0 Å². The van der Waals surface area contributed by atoms with Crippen molar-refractivity contribution in [3.05, 3.63) is 28.8 Å². The van der Waals surface area contributed by atoms with Crippen LogP contribution < -0.4 is 4.90 Å². The molecule has 0 radical (unpaired) electrons. The first-order chi connectivity index (χ1) is 8.45. The minimum absolute atomic E-state index is 0.00177. The minimum Gasteiger partial charge on any atom is -0.396 e. The van der Waals surface area contributed by atoms with Crippen LogP contribution in [0, 0.1) is 19.8 Å². The third-order valence-electron chi connectivity index (χ3n) is 3.20. The highest BCUT2D eigenvalue weighted by atomic mass is 16.3. The van der Waals surface area contributed by atoms with Crippen molar-refractivity contribution in [3.63, 3.8) is 0 Å². The summed E-state index contributed by atoms with van der Waals surface area (Å²) in [5, 5.41) is 9.09. The molecule has 1 aliphatic rings. The summed E-state index contributed by atoms with van der Waals surface area (Å²) < 4.78 is 0. The van der Waals surface area contributed by atoms with Crippen molar-refractivity contribution in [1.82, 2.24) is 0 Å². The normalized spacial score (nSPS) is 16.1. The number of aliphatic hydroxyl groups excluding tert-OH is 1. The highest BCUT2D eigenvalue weighted by Gasteiger charge is 2.37. The predicted molar refractivity (Wildman–Crippen MR) is 68.8 cm³/mol. The fraction of sp³-hybridized carbons (Fsp3) is 0.429. The van der Waals surface area contributed by atoms with E-state index in [2.05, 4.69) is 0 Å². The van der Waals surface area contributed by atoms with E-state index in [1.807, 2.05) is 26.8 Å². The van der Waals surface area contributed by atoms with Crippen LogP contribution in [0.15, 0.2) is 12.1 Å². The SMILES string of the molecule is Cc1cc(C)c2c(c1)C(=O)C(=O)N2CC(C)CO. The molecule has 0 saturated heterocycles. The maximum Gasteiger partial charge on any atom is 0.299 e. The second-order valence-electron chi connectivity index (χ2n) is 5.01. The summed E-state index contributed by atoms with van der Waals surface area (Å²) in [6, 6.07) is 3.72. The molecule has 0 bridgehead atoms. The molecule has 0 aromatic heterocycles. The Morgan fingerprint density at radius 3 is 2.56 bits per heavy atom. The van der Waals surface area contributed by atoms with E-state index in [0.29, 0.717) is 17.8 Å². The average Bonchev–Trinajstić information content (AvgIpc) is 2.54. The van der Waals surface area contributed by atoms with Gasteiger partial charge in [-0.2, -0.15) is 0 Å². The Labute approximate surface area is 106 Å². The zero-order chi connectivity index (χ0) is 13.4. The maximum absolute atomic E-state index is 12.0. The molecule has 0 saturated carbocycles. The van der Waals surface area contributed by atoms with E-state index in [9.17, 15) is 9.59 Å². The van der Waals surface area contributed by atoms with Gasteiger partial charge in [0.15, 0.2) is 0 Å². The number of rotatable bonds is 3. The van der Waals surface area contributed by atoms with Gasteiger partial charge in [0.05, 0.1) is 11.3 Å². The lowest BCUT2D eigenvalue weighted by Gasteiger charge is -2.21. The van der Waals surface area contributed by atoms with Crippen molar-refractivity contribution < 1.29 is 14.7 Å². The first-order valence-electron chi connectivity index (χ1n) is 6.04. The van der Waals surface area contributed by atoms with E-state index >= 15 is 0 Å². The highest BCUT2D eigenvalue weighted by molar-refractivity contribution is 6.52.